The summed E-state index contributed by atoms with van der Waals surface area (Å²) in [5.74, 6) is 0.476. The van der Waals surface area contributed by atoms with E-state index in [-0.39, 0.29) is 11.8 Å². The Labute approximate surface area is 131 Å². The van der Waals surface area contributed by atoms with E-state index >= 15 is 0 Å². The molecule has 3 nitrogen and oxygen atoms in total. The van der Waals surface area contributed by atoms with Crippen molar-refractivity contribution in [2.45, 2.75) is 50.8 Å². The minimum Gasteiger partial charge on any atom is -0.207 e. The fourth-order valence-corrected chi connectivity index (χ4v) is 4.10. The molecule has 0 aliphatic rings. The largest absolute Gasteiger partial charge is 0.242 e. The smallest absolute Gasteiger partial charge is 0.207 e. The summed E-state index contributed by atoms with van der Waals surface area (Å²) in [6, 6.07) is 3.80. The average Bonchev–Trinajstić information content (AvgIpc) is 2.36. The summed E-state index contributed by atoms with van der Waals surface area (Å²) in [6.45, 7) is 8.26. The van der Waals surface area contributed by atoms with Crippen molar-refractivity contribution in [1.29, 1.82) is 0 Å². The Hall–Kier alpha value is -0.390. The Bertz CT molecular complexity index is 580. The molecular formula is C15H24BrNO2S. The van der Waals surface area contributed by atoms with Crippen molar-refractivity contribution in [2.24, 2.45) is 0 Å². The maximum atomic E-state index is 12.6. The van der Waals surface area contributed by atoms with E-state index in [1.807, 2.05) is 12.1 Å². The molecule has 0 aliphatic heterocycles. The zero-order chi connectivity index (χ0) is 15.7. The topological polar surface area (TPSA) is 37.4 Å². The third kappa shape index (κ3) is 3.43. The lowest BCUT2D eigenvalue weighted by Crippen LogP contribution is -2.24. The fraction of sp³-hybridized carbons (Fsp3) is 0.600. The minimum absolute atomic E-state index is 0.206. The average molecular weight is 362 g/mol. The molecule has 1 atom stereocenters. The van der Waals surface area contributed by atoms with E-state index in [1.54, 1.807) is 14.1 Å². The highest BCUT2D eigenvalue weighted by Gasteiger charge is 2.25. The van der Waals surface area contributed by atoms with E-state index in [1.165, 1.54) is 4.31 Å². The normalized spacial score (nSPS) is 14.1. The van der Waals surface area contributed by atoms with Crippen LogP contribution < -0.4 is 0 Å². The van der Waals surface area contributed by atoms with Gasteiger partial charge in [0.1, 0.15) is 0 Å². The van der Waals surface area contributed by atoms with Gasteiger partial charge in [-0.15, -0.1) is 0 Å². The molecule has 1 rings (SSSR count). The highest BCUT2D eigenvalue weighted by atomic mass is 79.9. The third-order valence-corrected chi connectivity index (χ3v) is 6.21. The van der Waals surface area contributed by atoms with Gasteiger partial charge in [-0.3, -0.25) is 0 Å². The van der Waals surface area contributed by atoms with Crippen LogP contribution >= 0.6 is 15.9 Å². The van der Waals surface area contributed by atoms with Crippen LogP contribution in [0, 0.1) is 0 Å². The first-order valence-corrected chi connectivity index (χ1v) is 9.12. The number of benzene rings is 1. The van der Waals surface area contributed by atoms with Crippen LogP contribution in [0.1, 0.15) is 57.1 Å². The maximum Gasteiger partial charge on any atom is 0.242 e. The number of sulfonamides is 1. The molecule has 114 valence electrons. The molecule has 0 saturated heterocycles. The molecule has 20 heavy (non-hydrogen) atoms. The quantitative estimate of drug-likeness (QED) is 0.782. The lowest BCUT2D eigenvalue weighted by molar-refractivity contribution is 0.517. The molecule has 1 aromatic rings. The zero-order valence-corrected chi connectivity index (χ0v) is 15.5. The number of hydrogen-bond donors (Lipinski definition) is 0. The Kier molecular flexibility index (Phi) is 5.81. The lowest BCUT2D eigenvalue weighted by atomic mass is 9.94. The van der Waals surface area contributed by atoms with Crippen LogP contribution in [0.5, 0.6) is 0 Å². The van der Waals surface area contributed by atoms with Gasteiger partial charge in [0.15, 0.2) is 0 Å². The van der Waals surface area contributed by atoms with Crippen LogP contribution in [-0.2, 0) is 10.0 Å². The van der Waals surface area contributed by atoms with Gasteiger partial charge in [-0.1, -0.05) is 43.6 Å². The predicted molar refractivity (Wildman–Crippen MR) is 87.8 cm³/mol. The van der Waals surface area contributed by atoms with Gasteiger partial charge in [-0.2, -0.15) is 0 Å². The number of nitrogens with zero attached hydrogens (tertiary/aromatic N) is 1. The van der Waals surface area contributed by atoms with E-state index in [9.17, 15) is 8.42 Å². The van der Waals surface area contributed by atoms with Crippen molar-refractivity contribution in [1.82, 2.24) is 4.31 Å². The number of hydrogen-bond acceptors (Lipinski definition) is 2. The molecule has 0 amide bonds. The lowest BCUT2D eigenvalue weighted by Gasteiger charge is -2.21. The van der Waals surface area contributed by atoms with E-state index in [0.29, 0.717) is 4.90 Å². The zero-order valence-electron chi connectivity index (χ0n) is 13.1. The summed E-state index contributed by atoms with van der Waals surface area (Å²) in [5, 5.41) is 0. The highest BCUT2D eigenvalue weighted by Crippen LogP contribution is 2.35. The summed E-state index contributed by atoms with van der Waals surface area (Å²) in [5.41, 5.74) is 1.91. The standard InChI is InChI=1S/C15H24BrNO2S/c1-7-11(4)13-8-14(16)12(10(2)3)9-15(13)20(18,19)17(5)6/h8-11H,7H2,1-6H3. The molecular weight excluding hydrogens is 338 g/mol. The van der Waals surface area contributed by atoms with E-state index in [0.717, 1.165) is 22.0 Å². The monoisotopic (exact) mass is 361 g/mol. The minimum atomic E-state index is -3.42. The highest BCUT2D eigenvalue weighted by molar-refractivity contribution is 9.10. The van der Waals surface area contributed by atoms with Crippen LogP contribution in [0.25, 0.3) is 0 Å². The molecule has 1 aromatic carbocycles. The second kappa shape index (κ2) is 6.58. The van der Waals surface area contributed by atoms with E-state index in [4.69, 9.17) is 0 Å². The SMILES string of the molecule is CCC(C)c1cc(Br)c(C(C)C)cc1S(=O)(=O)N(C)C. The number of halogens is 1. The van der Waals surface area contributed by atoms with E-state index < -0.39 is 10.0 Å². The van der Waals surface area contributed by atoms with Crippen LogP contribution in [-0.4, -0.2) is 26.8 Å². The first-order valence-electron chi connectivity index (χ1n) is 6.88. The van der Waals surface area contributed by atoms with Gasteiger partial charge in [0.05, 0.1) is 4.90 Å². The summed E-state index contributed by atoms with van der Waals surface area (Å²) in [7, 11) is -0.271. The van der Waals surface area contributed by atoms with Gasteiger partial charge in [0, 0.05) is 18.6 Å². The molecule has 0 spiro atoms. The number of rotatable bonds is 5. The summed E-state index contributed by atoms with van der Waals surface area (Å²) in [4.78, 5) is 0.434. The summed E-state index contributed by atoms with van der Waals surface area (Å²) in [6.07, 6.45) is 0.906. The Morgan fingerprint density at radius 3 is 2.10 bits per heavy atom. The van der Waals surface area contributed by atoms with Gasteiger partial charge in [-0.05, 0) is 41.5 Å². The Balaban J connectivity index is 3.65. The van der Waals surface area contributed by atoms with Gasteiger partial charge in [0.2, 0.25) is 10.0 Å². The predicted octanol–water partition coefficient (Wildman–Crippen LogP) is 4.34. The van der Waals surface area contributed by atoms with Gasteiger partial charge in [0.25, 0.3) is 0 Å². The van der Waals surface area contributed by atoms with E-state index in [2.05, 4.69) is 43.6 Å². The van der Waals surface area contributed by atoms with Gasteiger partial charge < -0.3 is 0 Å². The van der Waals surface area contributed by atoms with Crippen molar-refractivity contribution in [3.63, 3.8) is 0 Å². The maximum absolute atomic E-state index is 12.6. The molecule has 0 N–H and O–H groups in total. The molecule has 0 aromatic heterocycles. The molecule has 0 heterocycles. The first-order chi connectivity index (χ1) is 9.12. The molecule has 1 unspecified atom stereocenters. The molecule has 0 fully saturated rings. The van der Waals surface area contributed by atoms with Crippen LogP contribution in [0.4, 0.5) is 0 Å². The second-order valence-corrected chi connectivity index (χ2v) is 8.64. The molecule has 0 saturated carbocycles. The third-order valence-electron chi connectivity index (χ3n) is 3.65. The van der Waals surface area contributed by atoms with Crippen molar-refractivity contribution >= 4 is 26.0 Å². The molecule has 0 aliphatic carbocycles. The summed E-state index contributed by atoms with van der Waals surface area (Å²) >= 11 is 3.57. The Morgan fingerprint density at radius 2 is 1.70 bits per heavy atom. The molecule has 0 bridgehead atoms. The second-order valence-electron chi connectivity index (χ2n) is 5.66. The molecule has 5 heteroatoms. The summed E-state index contributed by atoms with van der Waals surface area (Å²) < 4.78 is 27.4. The van der Waals surface area contributed by atoms with Crippen molar-refractivity contribution in [2.75, 3.05) is 14.1 Å². The van der Waals surface area contributed by atoms with Gasteiger partial charge in [-0.25, -0.2) is 12.7 Å². The Morgan fingerprint density at radius 1 is 1.15 bits per heavy atom. The van der Waals surface area contributed by atoms with Crippen molar-refractivity contribution in [3.05, 3.63) is 27.7 Å². The first kappa shape index (κ1) is 17.7. The van der Waals surface area contributed by atoms with Gasteiger partial charge >= 0.3 is 0 Å². The van der Waals surface area contributed by atoms with Crippen molar-refractivity contribution in [3.8, 4) is 0 Å². The van der Waals surface area contributed by atoms with Crippen LogP contribution in [0.3, 0.4) is 0 Å². The van der Waals surface area contributed by atoms with Crippen molar-refractivity contribution < 1.29 is 8.42 Å². The fourth-order valence-electron chi connectivity index (χ4n) is 2.05. The van der Waals surface area contributed by atoms with Crippen LogP contribution in [0.15, 0.2) is 21.5 Å². The van der Waals surface area contributed by atoms with Crippen LogP contribution in [0.2, 0.25) is 0 Å². The molecule has 0 radical (unpaired) electrons.